The number of nitrogens with two attached hydrogens (primary N) is 1. The number of carboxylic acid groups (broad SMARTS) is 1. The second-order valence-electron chi connectivity index (χ2n) is 2.05. The molecular weight excluding hydrogens is 146 g/mol. The second-order valence-corrected chi connectivity index (χ2v) is 2.05. The van der Waals surface area contributed by atoms with Crippen LogP contribution in [0.3, 0.4) is 0 Å². The summed E-state index contributed by atoms with van der Waals surface area (Å²) >= 11 is 0. The summed E-state index contributed by atoms with van der Waals surface area (Å²) in [4.78, 5) is 10.1. The van der Waals surface area contributed by atoms with E-state index in [1.807, 2.05) is 13.0 Å². The van der Waals surface area contributed by atoms with E-state index in [2.05, 4.69) is 0 Å². The number of carbonyl (C=O) groups is 1. The molecule has 0 spiro atoms. The number of rotatable bonds is 5. The first kappa shape index (κ1) is 10.1. The van der Waals surface area contributed by atoms with Crippen molar-refractivity contribution in [3.63, 3.8) is 0 Å². The minimum Gasteiger partial charge on any atom is -0.480 e. The molecule has 0 aromatic carbocycles. The molecule has 1 atom stereocenters. The number of ether oxygens (including phenoxy) is 1. The molecule has 0 radical (unpaired) electrons. The summed E-state index contributed by atoms with van der Waals surface area (Å²) in [5.74, 6) is -1.04. The van der Waals surface area contributed by atoms with Crippen molar-refractivity contribution < 1.29 is 14.6 Å². The zero-order chi connectivity index (χ0) is 8.69. The first-order chi connectivity index (χ1) is 5.18. The van der Waals surface area contributed by atoms with E-state index in [0.717, 1.165) is 0 Å². The molecule has 0 aliphatic rings. The number of aliphatic carboxylic acids is 1. The third kappa shape index (κ3) is 5.57. The van der Waals surface area contributed by atoms with Crippen molar-refractivity contribution in [2.24, 2.45) is 5.73 Å². The lowest BCUT2D eigenvalue weighted by Gasteiger charge is -2.04. The second kappa shape index (κ2) is 5.88. The molecule has 1 unspecified atom stereocenters. The summed E-state index contributed by atoms with van der Waals surface area (Å²) in [6, 6.07) is -0.916. The normalized spacial score (nSPS) is 13.6. The minimum absolute atomic E-state index is 0.0552. The van der Waals surface area contributed by atoms with Crippen LogP contribution in [0.25, 0.3) is 0 Å². The Kier molecular flexibility index (Phi) is 5.42. The lowest BCUT2D eigenvalue weighted by atomic mass is 10.3. The van der Waals surface area contributed by atoms with Gasteiger partial charge in [-0.15, -0.1) is 0 Å². The molecular formula is C7H13NO3. The highest BCUT2D eigenvalue weighted by Gasteiger charge is 2.09. The maximum absolute atomic E-state index is 10.1. The molecule has 4 heteroatoms. The highest BCUT2D eigenvalue weighted by molar-refractivity contribution is 5.73. The van der Waals surface area contributed by atoms with Gasteiger partial charge in [0.25, 0.3) is 0 Å². The predicted molar refractivity (Wildman–Crippen MR) is 41.2 cm³/mol. The number of carboxylic acids is 1. The van der Waals surface area contributed by atoms with Gasteiger partial charge in [0.2, 0.25) is 0 Å². The predicted octanol–water partition coefficient (Wildman–Crippen LogP) is -0.00900. The van der Waals surface area contributed by atoms with Crippen molar-refractivity contribution >= 4 is 5.97 Å². The molecule has 0 bridgehead atoms. The minimum atomic E-state index is -1.04. The maximum Gasteiger partial charge on any atom is 0.322 e. The fraction of sp³-hybridized carbons (Fsp3) is 0.571. The van der Waals surface area contributed by atoms with Gasteiger partial charge in [0.05, 0.1) is 13.2 Å². The number of hydrogen-bond donors (Lipinski definition) is 2. The number of allylic oxidation sites excluding steroid dienone is 1. The molecule has 0 aromatic heterocycles. The van der Waals surface area contributed by atoms with Crippen LogP contribution in [-0.4, -0.2) is 30.3 Å². The van der Waals surface area contributed by atoms with Crippen LogP contribution in [0, 0.1) is 0 Å². The van der Waals surface area contributed by atoms with Crippen molar-refractivity contribution in [1.29, 1.82) is 0 Å². The van der Waals surface area contributed by atoms with E-state index in [1.54, 1.807) is 6.08 Å². The van der Waals surface area contributed by atoms with Crippen molar-refractivity contribution in [2.75, 3.05) is 13.2 Å². The van der Waals surface area contributed by atoms with E-state index in [1.165, 1.54) is 0 Å². The van der Waals surface area contributed by atoms with Gasteiger partial charge in [0, 0.05) is 0 Å². The molecule has 0 rings (SSSR count). The molecule has 11 heavy (non-hydrogen) atoms. The largest absolute Gasteiger partial charge is 0.480 e. The molecule has 0 fully saturated rings. The van der Waals surface area contributed by atoms with E-state index < -0.39 is 12.0 Å². The summed E-state index contributed by atoms with van der Waals surface area (Å²) in [6.45, 7) is 2.33. The number of hydrogen-bond acceptors (Lipinski definition) is 3. The monoisotopic (exact) mass is 159 g/mol. The molecule has 0 saturated heterocycles. The lowest BCUT2D eigenvalue weighted by molar-refractivity contribution is -0.139. The zero-order valence-electron chi connectivity index (χ0n) is 6.49. The SMILES string of the molecule is CC=CCOCC(N)C(=O)O. The van der Waals surface area contributed by atoms with Gasteiger partial charge in [-0.1, -0.05) is 12.2 Å². The van der Waals surface area contributed by atoms with Crippen molar-refractivity contribution in [3.05, 3.63) is 12.2 Å². The smallest absolute Gasteiger partial charge is 0.322 e. The fourth-order valence-electron chi connectivity index (χ4n) is 0.431. The zero-order valence-corrected chi connectivity index (χ0v) is 6.49. The lowest BCUT2D eigenvalue weighted by Crippen LogP contribution is -2.34. The Balaban J connectivity index is 3.31. The third-order valence-corrected chi connectivity index (χ3v) is 1.06. The average molecular weight is 159 g/mol. The third-order valence-electron chi connectivity index (χ3n) is 1.06. The van der Waals surface area contributed by atoms with Crippen LogP contribution in [0.1, 0.15) is 6.92 Å². The first-order valence-electron chi connectivity index (χ1n) is 3.35. The van der Waals surface area contributed by atoms with Gasteiger partial charge in [-0.3, -0.25) is 4.79 Å². The van der Waals surface area contributed by atoms with Crippen molar-refractivity contribution in [2.45, 2.75) is 13.0 Å². The standard InChI is InChI=1S/C7H13NO3/c1-2-3-4-11-5-6(8)7(9)10/h2-3,6H,4-5,8H2,1H3,(H,9,10). The molecule has 0 aliphatic carbocycles. The highest BCUT2D eigenvalue weighted by atomic mass is 16.5. The van der Waals surface area contributed by atoms with Gasteiger partial charge >= 0.3 is 5.97 Å². The van der Waals surface area contributed by atoms with Crippen molar-refractivity contribution in [3.8, 4) is 0 Å². The Morgan fingerprint density at radius 2 is 2.45 bits per heavy atom. The van der Waals surface area contributed by atoms with Gasteiger partial charge in [-0.2, -0.15) is 0 Å². The Morgan fingerprint density at radius 3 is 2.91 bits per heavy atom. The highest BCUT2D eigenvalue weighted by Crippen LogP contribution is 1.82. The van der Waals surface area contributed by atoms with Crippen LogP contribution in [0.15, 0.2) is 12.2 Å². The van der Waals surface area contributed by atoms with E-state index >= 15 is 0 Å². The Bertz CT molecular complexity index is 145. The molecule has 3 N–H and O–H groups in total. The fourth-order valence-corrected chi connectivity index (χ4v) is 0.431. The van der Waals surface area contributed by atoms with Crippen LogP contribution in [0.2, 0.25) is 0 Å². The van der Waals surface area contributed by atoms with Crippen molar-refractivity contribution in [1.82, 2.24) is 0 Å². The summed E-state index contributed by atoms with van der Waals surface area (Å²) in [5.41, 5.74) is 5.15. The van der Waals surface area contributed by atoms with Gasteiger partial charge in [0.15, 0.2) is 0 Å². The summed E-state index contributed by atoms with van der Waals surface area (Å²) in [7, 11) is 0. The van der Waals surface area contributed by atoms with E-state index in [0.29, 0.717) is 6.61 Å². The first-order valence-corrected chi connectivity index (χ1v) is 3.35. The van der Waals surface area contributed by atoms with E-state index in [9.17, 15) is 4.79 Å². The summed E-state index contributed by atoms with van der Waals surface area (Å²) < 4.78 is 4.90. The molecule has 0 aromatic rings. The maximum atomic E-state index is 10.1. The van der Waals surface area contributed by atoms with Gasteiger partial charge in [-0.25, -0.2) is 0 Å². The molecule has 64 valence electrons. The summed E-state index contributed by atoms with van der Waals surface area (Å²) in [6.07, 6.45) is 3.61. The van der Waals surface area contributed by atoms with Crippen LogP contribution in [-0.2, 0) is 9.53 Å². The van der Waals surface area contributed by atoms with Crippen LogP contribution in [0.5, 0.6) is 0 Å². The van der Waals surface area contributed by atoms with Crippen LogP contribution in [0.4, 0.5) is 0 Å². The van der Waals surface area contributed by atoms with Gasteiger partial charge in [0.1, 0.15) is 6.04 Å². The topological polar surface area (TPSA) is 72.5 Å². The van der Waals surface area contributed by atoms with Gasteiger partial charge < -0.3 is 15.6 Å². The van der Waals surface area contributed by atoms with E-state index in [-0.39, 0.29) is 6.61 Å². The Hall–Kier alpha value is -0.870. The molecule has 0 saturated carbocycles. The molecule has 0 heterocycles. The quantitative estimate of drug-likeness (QED) is 0.437. The average Bonchev–Trinajstić information content (AvgIpc) is 1.97. The Morgan fingerprint density at radius 1 is 1.82 bits per heavy atom. The molecule has 0 aliphatic heterocycles. The summed E-state index contributed by atoms with van der Waals surface area (Å²) in [5, 5.41) is 8.32. The van der Waals surface area contributed by atoms with Crippen LogP contribution >= 0.6 is 0 Å². The van der Waals surface area contributed by atoms with E-state index in [4.69, 9.17) is 15.6 Å². The molecule has 4 nitrogen and oxygen atoms in total. The Labute approximate surface area is 65.6 Å². The molecule has 0 amide bonds. The van der Waals surface area contributed by atoms with Crippen LogP contribution < -0.4 is 5.73 Å². The van der Waals surface area contributed by atoms with Gasteiger partial charge in [-0.05, 0) is 6.92 Å².